The van der Waals surface area contributed by atoms with Gasteiger partial charge in [-0.2, -0.15) is 0 Å². The van der Waals surface area contributed by atoms with Crippen molar-refractivity contribution in [1.82, 2.24) is 4.98 Å². The second-order valence-corrected chi connectivity index (χ2v) is 26.1. The molecule has 0 unspecified atom stereocenters. The van der Waals surface area contributed by atoms with Crippen LogP contribution >= 0.6 is 0 Å². The molecule has 4 rings (SSSR count). The van der Waals surface area contributed by atoms with E-state index in [0.29, 0.717) is 0 Å². The zero-order valence-corrected chi connectivity index (χ0v) is 35.4. The Balaban J connectivity index is 0.000000410. The second-order valence-electron chi connectivity index (χ2n) is 16.0. The van der Waals surface area contributed by atoms with Crippen LogP contribution in [0.3, 0.4) is 0 Å². The van der Waals surface area contributed by atoms with Gasteiger partial charge in [0.2, 0.25) is 0 Å². The molecule has 255 valence electrons. The van der Waals surface area contributed by atoms with Crippen molar-refractivity contribution in [3.63, 3.8) is 0 Å². The molecule has 0 atom stereocenters. The fourth-order valence-corrected chi connectivity index (χ4v) is 7.23. The van der Waals surface area contributed by atoms with Crippen LogP contribution in [-0.2, 0) is 24.9 Å². The van der Waals surface area contributed by atoms with Crippen LogP contribution in [0.1, 0.15) is 59.9 Å². The molecule has 4 aromatic rings. The molecule has 1 N–H and O–H groups in total. The summed E-state index contributed by atoms with van der Waals surface area (Å²) in [6.07, 6.45) is 2.99. The van der Waals surface area contributed by atoms with E-state index in [2.05, 4.69) is 119 Å². The molecule has 0 spiro atoms. The third-order valence-corrected chi connectivity index (χ3v) is 13.4. The largest absolute Gasteiger partial charge is 0.512 e. The smallest absolute Gasteiger partial charge is 0.164 e. The average Bonchev–Trinajstić information content (AvgIpc) is 2.99. The molecular formula is C41H56IrNO2Si2-. The Morgan fingerprint density at radius 2 is 1.38 bits per heavy atom. The van der Waals surface area contributed by atoms with E-state index >= 15 is 0 Å². The molecule has 1 aromatic heterocycles. The predicted molar refractivity (Wildman–Crippen MR) is 206 cm³/mol. The number of aliphatic hydroxyl groups excluding tert-OH is 1. The summed E-state index contributed by atoms with van der Waals surface area (Å²) in [6, 6.07) is 28.1. The van der Waals surface area contributed by atoms with Gasteiger partial charge in [-0.3, -0.25) is 9.78 Å². The standard InChI is InChI=1S/C28H32NSi2.C13H24O2.Ir/c1-20-15-22(17-24(16-20)31(5,6)7)28-19-25(21-11-9-8-10-12-21)26-18-23(30(2,3)4)13-14-27(26)29-28;1-7-12(3,4)10(14)9-11(15)13(5,6)8-2;/h8-14,16-19H,1-7H3;9,14H,7-8H2,1-6H3;/q-1;;/b;10-9-;. The quantitative estimate of drug-likeness (QED) is 0.0790. The molecule has 0 fully saturated rings. The molecular weight excluding hydrogens is 787 g/mol. The fourth-order valence-electron chi connectivity index (χ4n) is 4.84. The molecule has 3 nitrogen and oxygen atoms in total. The first kappa shape index (κ1) is 40.5. The summed E-state index contributed by atoms with van der Waals surface area (Å²) in [5, 5.41) is 14.0. The van der Waals surface area contributed by atoms with Gasteiger partial charge in [0.1, 0.15) is 5.76 Å². The molecule has 0 bridgehead atoms. The van der Waals surface area contributed by atoms with Crippen molar-refractivity contribution in [3.8, 4) is 22.4 Å². The Hall–Kier alpha value is -2.64. The van der Waals surface area contributed by atoms with Crippen LogP contribution < -0.4 is 10.4 Å². The number of rotatable bonds is 9. The van der Waals surface area contributed by atoms with Crippen molar-refractivity contribution in [1.29, 1.82) is 0 Å². The molecule has 0 aliphatic heterocycles. The maximum absolute atomic E-state index is 11.8. The third-order valence-electron chi connectivity index (χ3n) is 9.30. The molecule has 0 aliphatic rings. The molecule has 3 aromatic carbocycles. The van der Waals surface area contributed by atoms with Crippen LogP contribution in [0.4, 0.5) is 0 Å². The molecule has 1 radical (unpaired) electrons. The van der Waals surface area contributed by atoms with Gasteiger partial charge in [0, 0.05) is 42.4 Å². The SMILES string of the molecule is CCC(C)(C)C(=O)/C=C(\O)C(C)(C)CC.Cc1[c-]c(-c2cc(-c3ccccc3)c3cc([Si](C)(C)C)ccc3n2)cc([Si](C)(C)C)c1.[Ir]. The van der Waals surface area contributed by atoms with E-state index in [-0.39, 0.29) is 42.5 Å². The van der Waals surface area contributed by atoms with E-state index in [1.807, 2.05) is 41.5 Å². The second kappa shape index (κ2) is 15.7. The summed E-state index contributed by atoms with van der Waals surface area (Å²) >= 11 is 0. The number of pyridine rings is 1. The minimum absolute atomic E-state index is 0. The molecule has 0 aliphatic carbocycles. The third kappa shape index (κ3) is 10.4. The first-order valence-electron chi connectivity index (χ1n) is 16.7. The summed E-state index contributed by atoms with van der Waals surface area (Å²) in [5.41, 5.74) is 6.17. The van der Waals surface area contributed by atoms with E-state index in [1.165, 1.54) is 38.5 Å². The number of nitrogens with zero attached hydrogens (tertiary/aromatic N) is 1. The van der Waals surface area contributed by atoms with Crippen molar-refractivity contribution >= 4 is 43.2 Å². The van der Waals surface area contributed by atoms with Crippen molar-refractivity contribution in [2.45, 2.75) is 101 Å². The van der Waals surface area contributed by atoms with Crippen molar-refractivity contribution < 1.29 is 30.0 Å². The number of allylic oxidation sites excluding steroid dienone is 2. The summed E-state index contributed by atoms with van der Waals surface area (Å²) in [6.45, 7) is 28.2. The molecule has 0 saturated carbocycles. The van der Waals surface area contributed by atoms with Crippen LogP contribution in [-0.4, -0.2) is 32.0 Å². The minimum atomic E-state index is -1.43. The van der Waals surface area contributed by atoms with Gasteiger partial charge in [-0.25, -0.2) is 0 Å². The zero-order chi connectivity index (χ0) is 34.7. The number of hydrogen-bond acceptors (Lipinski definition) is 3. The topological polar surface area (TPSA) is 50.2 Å². The molecule has 47 heavy (non-hydrogen) atoms. The number of benzene rings is 3. The van der Waals surface area contributed by atoms with E-state index in [0.717, 1.165) is 29.6 Å². The van der Waals surface area contributed by atoms with Crippen LogP contribution in [0.5, 0.6) is 0 Å². The number of hydrogen-bond donors (Lipinski definition) is 1. The van der Waals surface area contributed by atoms with Gasteiger partial charge in [0.05, 0.1) is 21.7 Å². The van der Waals surface area contributed by atoms with E-state index in [4.69, 9.17) is 4.98 Å². The van der Waals surface area contributed by atoms with Gasteiger partial charge in [0.15, 0.2) is 5.78 Å². The first-order chi connectivity index (χ1) is 21.2. The van der Waals surface area contributed by atoms with Crippen LogP contribution in [0.2, 0.25) is 39.3 Å². The van der Waals surface area contributed by atoms with Crippen LogP contribution in [0, 0.1) is 23.8 Å². The maximum Gasteiger partial charge on any atom is 0.164 e. The summed E-state index contributed by atoms with van der Waals surface area (Å²) in [5.74, 6) is 0.195. The van der Waals surface area contributed by atoms with Gasteiger partial charge in [0.25, 0.3) is 0 Å². The van der Waals surface area contributed by atoms with E-state index in [1.54, 1.807) is 0 Å². The van der Waals surface area contributed by atoms with Gasteiger partial charge in [-0.05, 0) is 35.7 Å². The minimum Gasteiger partial charge on any atom is -0.512 e. The van der Waals surface area contributed by atoms with E-state index in [9.17, 15) is 9.90 Å². The number of aromatic nitrogens is 1. The summed E-state index contributed by atoms with van der Waals surface area (Å²) in [7, 11) is -2.85. The number of carbonyl (C=O) groups excluding carboxylic acids is 1. The van der Waals surface area contributed by atoms with Gasteiger partial charge < -0.3 is 5.11 Å². The number of carbonyl (C=O) groups is 1. The average molecular weight is 843 g/mol. The maximum atomic E-state index is 11.8. The Bertz CT molecular complexity index is 1710. The zero-order valence-electron chi connectivity index (χ0n) is 31.0. The Labute approximate surface area is 300 Å². The number of ketones is 1. The monoisotopic (exact) mass is 843 g/mol. The van der Waals surface area contributed by atoms with Crippen molar-refractivity contribution in [2.24, 2.45) is 10.8 Å². The molecule has 0 amide bonds. The Morgan fingerprint density at radius 1 is 0.809 bits per heavy atom. The number of aryl methyl sites for hydroxylation is 1. The molecule has 0 saturated heterocycles. The summed E-state index contributed by atoms with van der Waals surface area (Å²) in [4.78, 5) is 17.0. The molecule has 6 heteroatoms. The van der Waals surface area contributed by atoms with Gasteiger partial charge >= 0.3 is 0 Å². The van der Waals surface area contributed by atoms with Gasteiger partial charge in [-0.1, -0.05) is 141 Å². The van der Waals surface area contributed by atoms with Crippen LogP contribution in [0.15, 0.2) is 78.6 Å². The summed E-state index contributed by atoms with van der Waals surface area (Å²) < 4.78 is 0. The van der Waals surface area contributed by atoms with Crippen LogP contribution in [0.25, 0.3) is 33.3 Å². The van der Waals surface area contributed by atoms with Gasteiger partial charge in [-0.15, -0.1) is 34.5 Å². The number of aliphatic hydroxyl groups is 1. The molecule has 1 heterocycles. The van der Waals surface area contributed by atoms with Crippen molar-refractivity contribution in [2.75, 3.05) is 0 Å². The number of fused-ring (bicyclic) bond motifs is 1. The Kier molecular flexibility index (Phi) is 13.6. The first-order valence-corrected chi connectivity index (χ1v) is 23.7. The van der Waals surface area contributed by atoms with E-state index < -0.39 is 16.1 Å². The predicted octanol–water partition coefficient (Wildman–Crippen LogP) is 10.6. The fraction of sp³-hybridized carbons (Fsp3) is 0.415. The Morgan fingerprint density at radius 3 is 1.91 bits per heavy atom. The normalized spacial score (nSPS) is 12.7. The van der Waals surface area contributed by atoms with Crippen molar-refractivity contribution in [3.05, 3.63) is 90.2 Å².